The molecule has 4 rings (SSSR count). The Labute approximate surface area is 171 Å². The molecule has 2 aromatic carbocycles. The Morgan fingerprint density at radius 1 is 1.03 bits per heavy atom. The van der Waals surface area contributed by atoms with E-state index < -0.39 is 10.0 Å². The maximum absolute atomic E-state index is 13.0. The Morgan fingerprint density at radius 2 is 1.72 bits per heavy atom. The SMILES string of the molecule is Cc1ccc(-n2cc(S(=O)(=O)N3CCC(OCc4ccccc4)CC3)cn2)cc1. The molecule has 2 heterocycles. The first-order valence-corrected chi connectivity index (χ1v) is 11.2. The third kappa shape index (κ3) is 4.58. The molecule has 7 heteroatoms. The molecule has 0 amide bonds. The Balaban J connectivity index is 1.37. The lowest BCUT2D eigenvalue weighted by molar-refractivity contribution is 0.0102. The Hall–Kier alpha value is -2.48. The molecule has 29 heavy (non-hydrogen) atoms. The van der Waals surface area contributed by atoms with Gasteiger partial charge in [0.2, 0.25) is 10.0 Å². The molecule has 3 aromatic rings. The summed E-state index contributed by atoms with van der Waals surface area (Å²) in [5.74, 6) is 0. The van der Waals surface area contributed by atoms with Crippen molar-refractivity contribution in [1.29, 1.82) is 0 Å². The number of aromatic nitrogens is 2. The zero-order chi connectivity index (χ0) is 20.3. The lowest BCUT2D eigenvalue weighted by Gasteiger charge is -2.30. The molecular weight excluding hydrogens is 386 g/mol. The molecule has 1 aliphatic rings. The quantitative estimate of drug-likeness (QED) is 0.622. The molecule has 0 spiro atoms. The van der Waals surface area contributed by atoms with E-state index in [1.165, 1.54) is 10.5 Å². The molecule has 0 aliphatic carbocycles. The highest BCUT2D eigenvalue weighted by molar-refractivity contribution is 7.89. The number of benzene rings is 2. The highest BCUT2D eigenvalue weighted by Crippen LogP contribution is 2.23. The average Bonchev–Trinajstić information content (AvgIpc) is 3.25. The van der Waals surface area contributed by atoms with Crippen molar-refractivity contribution in [3.05, 3.63) is 78.1 Å². The fraction of sp³-hybridized carbons (Fsp3) is 0.318. The predicted molar refractivity (Wildman–Crippen MR) is 111 cm³/mol. The van der Waals surface area contributed by atoms with Gasteiger partial charge in [0.15, 0.2) is 0 Å². The van der Waals surface area contributed by atoms with Crippen LogP contribution in [0.4, 0.5) is 0 Å². The Bertz CT molecular complexity index is 1040. The molecule has 1 aliphatic heterocycles. The number of hydrogen-bond acceptors (Lipinski definition) is 4. The second-order valence-electron chi connectivity index (χ2n) is 7.36. The van der Waals surface area contributed by atoms with Gasteiger partial charge >= 0.3 is 0 Å². The lowest BCUT2D eigenvalue weighted by atomic mass is 10.1. The van der Waals surface area contributed by atoms with Gasteiger partial charge in [0.25, 0.3) is 0 Å². The van der Waals surface area contributed by atoms with Gasteiger partial charge < -0.3 is 4.74 Å². The summed E-state index contributed by atoms with van der Waals surface area (Å²) >= 11 is 0. The van der Waals surface area contributed by atoms with Crippen molar-refractivity contribution in [3.63, 3.8) is 0 Å². The van der Waals surface area contributed by atoms with Crippen LogP contribution in [-0.2, 0) is 21.4 Å². The molecule has 6 nitrogen and oxygen atoms in total. The van der Waals surface area contributed by atoms with E-state index in [9.17, 15) is 8.42 Å². The van der Waals surface area contributed by atoms with Gasteiger partial charge in [-0.25, -0.2) is 13.1 Å². The van der Waals surface area contributed by atoms with Crippen LogP contribution in [0.15, 0.2) is 71.9 Å². The third-order valence-corrected chi connectivity index (χ3v) is 7.08. The predicted octanol–water partition coefficient (Wildman–Crippen LogP) is 3.55. The number of aryl methyl sites for hydroxylation is 1. The van der Waals surface area contributed by atoms with Crippen LogP contribution in [0, 0.1) is 6.92 Å². The summed E-state index contributed by atoms with van der Waals surface area (Å²) in [4.78, 5) is 0.224. The minimum atomic E-state index is -3.55. The van der Waals surface area contributed by atoms with Gasteiger partial charge in [-0.05, 0) is 37.5 Å². The normalized spacial score (nSPS) is 16.2. The van der Waals surface area contributed by atoms with E-state index in [0.717, 1.165) is 16.8 Å². The monoisotopic (exact) mass is 411 g/mol. The maximum Gasteiger partial charge on any atom is 0.246 e. The Morgan fingerprint density at radius 3 is 2.41 bits per heavy atom. The highest BCUT2D eigenvalue weighted by atomic mass is 32.2. The van der Waals surface area contributed by atoms with Crippen molar-refractivity contribution in [3.8, 4) is 5.69 Å². The summed E-state index contributed by atoms with van der Waals surface area (Å²) in [6.45, 7) is 3.48. The van der Waals surface area contributed by atoms with E-state index in [4.69, 9.17) is 4.74 Å². The molecule has 1 saturated heterocycles. The van der Waals surface area contributed by atoms with Crippen LogP contribution in [-0.4, -0.2) is 41.7 Å². The van der Waals surface area contributed by atoms with Crippen molar-refractivity contribution in [2.75, 3.05) is 13.1 Å². The molecule has 0 N–H and O–H groups in total. The summed E-state index contributed by atoms with van der Waals surface area (Å²) in [5, 5.41) is 4.24. The topological polar surface area (TPSA) is 64.4 Å². The summed E-state index contributed by atoms with van der Waals surface area (Å²) in [6.07, 6.45) is 4.47. The minimum Gasteiger partial charge on any atom is -0.373 e. The number of sulfonamides is 1. The standard InChI is InChI=1S/C22H25N3O3S/c1-18-7-9-20(10-8-18)25-16-22(15-23-25)29(26,27)24-13-11-21(12-14-24)28-17-19-5-3-2-4-6-19/h2-10,15-16,21H,11-14,17H2,1H3. The molecule has 0 radical (unpaired) electrons. The van der Waals surface area contributed by atoms with Gasteiger partial charge in [-0.15, -0.1) is 0 Å². The van der Waals surface area contributed by atoms with E-state index in [0.29, 0.717) is 32.5 Å². The molecule has 1 fully saturated rings. The smallest absolute Gasteiger partial charge is 0.246 e. The fourth-order valence-electron chi connectivity index (χ4n) is 3.45. The third-order valence-electron chi connectivity index (χ3n) is 5.22. The van der Waals surface area contributed by atoms with Crippen LogP contribution in [0.3, 0.4) is 0 Å². The fourth-order valence-corrected chi connectivity index (χ4v) is 4.86. The van der Waals surface area contributed by atoms with Gasteiger partial charge in [0, 0.05) is 13.1 Å². The highest BCUT2D eigenvalue weighted by Gasteiger charge is 2.30. The summed E-state index contributed by atoms with van der Waals surface area (Å²) in [7, 11) is -3.55. The van der Waals surface area contributed by atoms with Crippen molar-refractivity contribution in [2.24, 2.45) is 0 Å². The number of ether oxygens (including phenoxy) is 1. The second-order valence-corrected chi connectivity index (χ2v) is 9.29. The number of nitrogens with zero attached hydrogens (tertiary/aromatic N) is 3. The van der Waals surface area contributed by atoms with Crippen molar-refractivity contribution >= 4 is 10.0 Å². The van der Waals surface area contributed by atoms with Gasteiger partial charge in [-0.1, -0.05) is 48.0 Å². The largest absolute Gasteiger partial charge is 0.373 e. The Kier molecular flexibility index (Phi) is 5.80. The minimum absolute atomic E-state index is 0.0805. The first-order chi connectivity index (χ1) is 14.0. The number of rotatable bonds is 6. The van der Waals surface area contributed by atoms with E-state index in [-0.39, 0.29) is 11.0 Å². The van der Waals surface area contributed by atoms with E-state index in [1.54, 1.807) is 10.9 Å². The lowest BCUT2D eigenvalue weighted by Crippen LogP contribution is -2.40. The van der Waals surface area contributed by atoms with Crippen molar-refractivity contribution in [2.45, 2.75) is 37.4 Å². The molecule has 152 valence electrons. The number of piperidine rings is 1. The van der Waals surface area contributed by atoms with Crippen LogP contribution >= 0.6 is 0 Å². The molecule has 0 atom stereocenters. The average molecular weight is 412 g/mol. The van der Waals surface area contributed by atoms with Crippen LogP contribution in [0.2, 0.25) is 0 Å². The van der Waals surface area contributed by atoms with E-state index in [2.05, 4.69) is 5.10 Å². The van der Waals surface area contributed by atoms with E-state index >= 15 is 0 Å². The van der Waals surface area contributed by atoms with Gasteiger partial charge in [0.1, 0.15) is 4.90 Å². The van der Waals surface area contributed by atoms with Crippen LogP contribution < -0.4 is 0 Å². The zero-order valence-corrected chi connectivity index (χ0v) is 17.3. The van der Waals surface area contributed by atoms with Crippen molar-refractivity contribution < 1.29 is 13.2 Å². The van der Waals surface area contributed by atoms with Crippen LogP contribution in [0.25, 0.3) is 5.69 Å². The zero-order valence-electron chi connectivity index (χ0n) is 16.4. The first kappa shape index (κ1) is 19.8. The summed E-state index contributed by atoms with van der Waals surface area (Å²) in [6, 6.07) is 17.8. The summed E-state index contributed by atoms with van der Waals surface area (Å²) < 4.78 is 35.1. The van der Waals surface area contributed by atoms with Crippen LogP contribution in [0.5, 0.6) is 0 Å². The molecular formula is C22H25N3O3S. The van der Waals surface area contributed by atoms with Gasteiger partial charge in [-0.2, -0.15) is 9.40 Å². The van der Waals surface area contributed by atoms with E-state index in [1.807, 2.05) is 61.5 Å². The van der Waals surface area contributed by atoms with Gasteiger partial charge in [0.05, 0.1) is 30.8 Å². The first-order valence-electron chi connectivity index (χ1n) is 9.80. The maximum atomic E-state index is 13.0. The second kappa shape index (κ2) is 8.49. The van der Waals surface area contributed by atoms with Crippen molar-refractivity contribution in [1.82, 2.24) is 14.1 Å². The molecule has 0 unspecified atom stereocenters. The molecule has 0 bridgehead atoms. The molecule has 1 aromatic heterocycles. The van der Waals surface area contributed by atoms with Crippen LogP contribution in [0.1, 0.15) is 24.0 Å². The summed E-state index contributed by atoms with van der Waals surface area (Å²) in [5.41, 5.74) is 3.11. The number of hydrogen-bond donors (Lipinski definition) is 0. The van der Waals surface area contributed by atoms with Gasteiger partial charge in [-0.3, -0.25) is 0 Å². The molecule has 0 saturated carbocycles.